The molecule has 0 bridgehead atoms. The maximum absolute atomic E-state index is 13.2. The van der Waals surface area contributed by atoms with E-state index in [-0.39, 0.29) is 11.6 Å². The Labute approximate surface area is 115 Å². The molecular formula is C14H14FNO2S. The van der Waals surface area contributed by atoms with Crippen molar-refractivity contribution in [3.05, 3.63) is 52.0 Å². The molecule has 19 heavy (non-hydrogen) atoms. The molecule has 0 aliphatic heterocycles. The quantitative estimate of drug-likeness (QED) is 0.864. The van der Waals surface area contributed by atoms with Crippen molar-refractivity contribution in [3.8, 4) is 0 Å². The second-order valence-electron chi connectivity index (χ2n) is 4.10. The topological polar surface area (TPSA) is 38.3 Å². The highest BCUT2D eigenvalue weighted by atomic mass is 32.1. The summed E-state index contributed by atoms with van der Waals surface area (Å²) in [5.74, 6) is -1.02. The highest BCUT2D eigenvalue weighted by Crippen LogP contribution is 2.25. The van der Waals surface area contributed by atoms with Crippen molar-refractivity contribution in [3.63, 3.8) is 0 Å². The smallest absolute Gasteiger partial charge is 0.340 e. The fourth-order valence-electron chi connectivity index (χ4n) is 1.76. The van der Waals surface area contributed by atoms with Gasteiger partial charge in [-0.15, -0.1) is 0 Å². The first-order chi connectivity index (χ1) is 9.11. The van der Waals surface area contributed by atoms with Gasteiger partial charge in [-0.3, -0.25) is 0 Å². The predicted molar refractivity (Wildman–Crippen MR) is 74.1 cm³/mol. The summed E-state index contributed by atoms with van der Waals surface area (Å²) in [6.45, 7) is 1.98. The van der Waals surface area contributed by atoms with Gasteiger partial charge in [-0.25, -0.2) is 9.18 Å². The lowest BCUT2D eigenvalue weighted by Gasteiger charge is -2.16. The van der Waals surface area contributed by atoms with Gasteiger partial charge in [0.15, 0.2) is 0 Å². The first kappa shape index (κ1) is 13.5. The molecule has 0 saturated carbocycles. The number of carbonyl (C=O) groups excluding carboxylic acids is 1. The minimum atomic E-state index is -0.556. The molecule has 3 nitrogen and oxygen atoms in total. The Kier molecular flexibility index (Phi) is 4.16. The Balaban J connectivity index is 2.27. The molecule has 0 aliphatic carbocycles. The number of methoxy groups -OCH3 is 1. The molecule has 0 radical (unpaired) electrons. The van der Waals surface area contributed by atoms with Crippen molar-refractivity contribution < 1.29 is 13.9 Å². The molecule has 1 aromatic carbocycles. The highest BCUT2D eigenvalue weighted by molar-refractivity contribution is 7.07. The van der Waals surface area contributed by atoms with E-state index in [0.29, 0.717) is 5.69 Å². The summed E-state index contributed by atoms with van der Waals surface area (Å²) < 4.78 is 17.9. The van der Waals surface area contributed by atoms with E-state index < -0.39 is 11.8 Å². The second kappa shape index (κ2) is 5.84. The van der Waals surface area contributed by atoms with E-state index in [1.54, 1.807) is 17.4 Å². The van der Waals surface area contributed by atoms with Crippen LogP contribution in [0.2, 0.25) is 0 Å². The number of anilines is 1. The van der Waals surface area contributed by atoms with Gasteiger partial charge in [0.05, 0.1) is 12.7 Å². The summed E-state index contributed by atoms with van der Waals surface area (Å²) in [7, 11) is 1.28. The molecule has 0 aliphatic rings. The molecule has 100 valence electrons. The monoisotopic (exact) mass is 279 g/mol. The minimum absolute atomic E-state index is 0.0279. The second-order valence-corrected chi connectivity index (χ2v) is 4.88. The third-order valence-corrected chi connectivity index (χ3v) is 3.50. The molecule has 1 heterocycles. The van der Waals surface area contributed by atoms with Crippen LogP contribution >= 0.6 is 11.3 Å². The van der Waals surface area contributed by atoms with Gasteiger partial charge in [-0.2, -0.15) is 11.3 Å². The number of benzene rings is 1. The molecule has 0 saturated heterocycles. The Bertz CT molecular complexity index is 569. The van der Waals surface area contributed by atoms with Crippen molar-refractivity contribution in [2.45, 2.75) is 13.0 Å². The molecule has 1 atom stereocenters. The van der Waals surface area contributed by atoms with Crippen LogP contribution in [-0.4, -0.2) is 13.1 Å². The summed E-state index contributed by atoms with van der Waals surface area (Å²) in [4.78, 5) is 11.6. The molecule has 1 unspecified atom stereocenters. The predicted octanol–water partition coefficient (Wildman–Crippen LogP) is 3.85. The Hall–Kier alpha value is -1.88. The summed E-state index contributed by atoms with van der Waals surface area (Å²) in [6.07, 6.45) is 0. The molecule has 1 N–H and O–H groups in total. The van der Waals surface area contributed by atoms with Gasteiger partial charge in [0, 0.05) is 11.7 Å². The van der Waals surface area contributed by atoms with Gasteiger partial charge in [-0.1, -0.05) is 0 Å². The summed E-state index contributed by atoms with van der Waals surface area (Å²) in [6, 6.07) is 6.07. The van der Waals surface area contributed by atoms with Crippen LogP contribution < -0.4 is 5.32 Å². The number of hydrogen-bond acceptors (Lipinski definition) is 4. The largest absolute Gasteiger partial charge is 0.465 e. The van der Waals surface area contributed by atoms with E-state index in [1.165, 1.54) is 19.2 Å². The van der Waals surface area contributed by atoms with Gasteiger partial charge in [0.25, 0.3) is 0 Å². The average Bonchev–Trinajstić information content (AvgIpc) is 2.94. The Morgan fingerprint density at radius 2 is 2.21 bits per heavy atom. The summed E-state index contributed by atoms with van der Waals surface area (Å²) >= 11 is 1.60. The van der Waals surface area contributed by atoms with Crippen molar-refractivity contribution in [1.82, 2.24) is 0 Å². The number of thiophene rings is 1. The maximum Gasteiger partial charge on any atom is 0.340 e. The lowest BCUT2D eigenvalue weighted by molar-refractivity contribution is 0.0601. The number of esters is 1. The van der Waals surface area contributed by atoms with E-state index in [2.05, 4.69) is 10.1 Å². The van der Waals surface area contributed by atoms with E-state index in [1.807, 2.05) is 23.8 Å². The number of nitrogens with one attached hydrogen (secondary N) is 1. The van der Waals surface area contributed by atoms with Crippen LogP contribution in [0.25, 0.3) is 0 Å². The number of rotatable bonds is 4. The zero-order valence-corrected chi connectivity index (χ0v) is 11.5. The molecule has 0 fully saturated rings. The molecule has 2 aromatic rings. The molecule has 5 heteroatoms. The first-order valence-corrected chi connectivity index (χ1v) is 6.72. The van der Waals surface area contributed by atoms with Crippen LogP contribution in [0.5, 0.6) is 0 Å². The van der Waals surface area contributed by atoms with Gasteiger partial charge in [-0.05, 0) is 47.5 Å². The zero-order chi connectivity index (χ0) is 13.8. The zero-order valence-electron chi connectivity index (χ0n) is 10.6. The van der Waals surface area contributed by atoms with Crippen molar-refractivity contribution in [2.75, 3.05) is 12.4 Å². The molecule has 2 rings (SSSR count). The van der Waals surface area contributed by atoms with E-state index in [9.17, 15) is 9.18 Å². The van der Waals surface area contributed by atoms with E-state index in [0.717, 1.165) is 5.56 Å². The first-order valence-electron chi connectivity index (χ1n) is 5.78. The maximum atomic E-state index is 13.2. The standard InChI is InChI=1S/C14H14FNO2S/c1-9(10-5-6-19-8-10)16-13-4-3-11(15)7-12(13)14(17)18-2/h3-9,16H,1-2H3. The fraction of sp³-hybridized carbons (Fsp3) is 0.214. The highest BCUT2D eigenvalue weighted by Gasteiger charge is 2.15. The number of carbonyl (C=O) groups is 1. The van der Waals surface area contributed by atoms with Crippen LogP contribution in [0.4, 0.5) is 10.1 Å². The van der Waals surface area contributed by atoms with Crippen molar-refractivity contribution in [1.29, 1.82) is 0 Å². The lowest BCUT2D eigenvalue weighted by Crippen LogP contribution is -2.11. The van der Waals surface area contributed by atoms with Crippen LogP contribution in [0, 0.1) is 5.82 Å². The third-order valence-electron chi connectivity index (χ3n) is 2.80. The normalized spacial score (nSPS) is 11.9. The average molecular weight is 279 g/mol. The number of ether oxygens (including phenoxy) is 1. The van der Waals surface area contributed by atoms with Gasteiger partial charge < -0.3 is 10.1 Å². The lowest BCUT2D eigenvalue weighted by atomic mass is 10.1. The number of halogens is 1. The molecule has 1 aromatic heterocycles. The number of hydrogen-bond donors (Lipinski definition) is 1. The van der Waals surface area contributed by atoms with Crippen molar-refractivity contribution in [2.24, 2.45) is 0 Å². The Morgan fingerprint density at radius 1 is 1.42 bits per heavy atom. The minimum Gasteiger partial charge on any atom is -0.465 e. The van der Waals surface area contributed by atoms with Crippen molar-refractivity contribution >= 4 is 23.0 Å². The van der Waals surface area contributed by atoms with Crippen LogP contribution in [0.15, 0.2) is 35.0 Å². The summed E-state index contributed by atoms with van der Waals surface area (Å²) in [5.41, 5.74) is 1.88. The molecule has 0 spiro atoms. The fourth-order valence-corrected chi connectivity index (χ4v) is 2.51. The summed E-state index contributed by atoms with van der Waals surface area (Å²) in [5, 5.41) is 7.21. The molecule has 0 amide bonds. The van der Waals surface area contributed by atoms with E-state index in [4.69, 9.17) is 0 Å². The van der Waals surface area contributed by atoms with Crippen LogP contribution in [0.1, 0.15) is 28.9 Å². The van der Waals surface area contributed by atoms with Crippen LogP contribution in [0.3, 0.4) is 0 Å². The van der Waals surface area contributed by atoms with Gasteiger partial charge in [0.2, 0.25) is 0 Å². The van der Waals surface area contributed by atoms with E-state index >= 15 is 0 Å². The Morgan fingerprint density at radius 3 is 2.84 bits per heavy atom. The SMILES string of the molecule is COC(=O)c1cc(F)ccc1NC(C)c1ccsc1. The molecular weight excluding hydrogens is 265 g/mol. The van der Waals surface area contributed by atoms with Gasteiger partial charge >= 0.3 is 5.97 Å². The van der Waals surface area contributed by atoms with Gasteiger partial charge in [0.1, 0.15) is 5.82 Å². The van der Waals surface area contributed by atoms with Crippen LogP contribution in [-0.2, 0) is 4.74 Å². The third kappa shape index (κ3) is 3.12.